The molecule has 1 aromatic rings. The van der Waals surface area contributed by atoms with Crippen LogP contribution in [-0.2, 0) is 4.79 Å². The molecule has 98 valence electrons. The summed E-state index contributed by atoms with van der Waals surface area (Å²) >= 11 is 16.7. The molecule has 7 heteroatoms. The number of thiocarbonyl (C=S) groups is 1. The molecular formula is C11H13Cl2N3OS. The molecule has 1 amide bonds. The maximum atomic E-state index is 11.2. The van der Waals surface area contributed by atoms with Gasteiger partial charge in [-0.25, -0.2) is 0 Å². The summed E-state index contributed by atoms with van der Waals surface area (Å²) < 4.78 is 0. The third-order valence-corrected chi connectivity index (χ3v) is 2.59. The lowest BCUT2D eigenvalue weighted by molar-refractivity contribution is -0.119. The molecule has 0 aliphatic rings. The molecular weight excluding hydrogens is 293 g/mol. The molecule has 0 fully saturated rings. The van der Waals surface area contributed by atoms with Crippen LogP contribution in [0.3, 0.4) is 0 Å². The van der Waals surface area contributed by atoms with Crippen LogP contribution in [0.5, 0.6) is 0 Å². The van der Waals surface area contributed by atoms with Crippen LogP contribution in [0.15, 0.2) is 18.2 Å². The Balaban J connectivity index is 2.47. The van der Waals surface area contributed by atoms with Crippen LogP contribution < -0.4 is 16.0 Å². The third-order valence-electron chi connectivity index (χ3n) is 1.90. The predicted molar refractivity (Wildman–Crippen MR) is 79.4 cm³/mol. The van der Waals surface area contributed by atoms with Crippen LogP contribution >= 0.6 is 35.4 Å². The maximum absolute atomic E-state index is 11.2. The molecule has 0 aliphatic heterocycles. The second-order valence-corrected chi connectivity index (χ2v) is 4.70. The molecule has 0 bridgehead atoms. The number of likely N-dealkylation sites (N-methyl/N-ethyl adjacent to an activating group) is 1. The summed E-state index contributed by atoms with van der Waals surface area (Å²) in [7, 11) is 0. The minimum atomic E-state index is -0.120. The molecule has 3 N–H and O–H groups in total. The Labute approximate surface area is 121 Å². The van der Waals surface area contributed by atoms with E-state index in [0.717, 1.165) is 0 Å². The molecule has 1 aromatic carbocycles. The van der Waals surface area contributed by atoms with Gasteiger partial charge in [-0.3, -0.25) is 4.79 Å². The molecule has 0 saturated heterocycles. The average molecular weight is 306 g/mol. The van der Waals surface area contributed by atoms with Crippen LogP contribution in [0.25, 0.3) is 0 Å². The summed E-state index contributed by atoms with van der Waals surface area (Å²) in [5.74, 6) is -0.120. The van der Waals surface area contributed by atoms with Gasteiger partial charge in [0.2, 0.25) is 5.91 Å². The van der Waals surface area contributed by atoms with Crippen molar-refractivity contribution in [3.8, 4) is 0 Å². The molecule has 0 spiro atoms. The number of nitrogens with one attached hydrogen (secondary N) is 3. The number of anilines is 1. The fourth-order valence-electron chi connectivity index (χ4n) is 1.22. The Hall–Kier alpha value is -1.04. The van der Waals surface area contributed by atoms with Gasteiger partial charge in [0.05, 0.1) is 6.54 Å². The number of hydrogen-bond acceptors (Lipinski definition) is 2. The van der Waals surface area contributed by atoms with Gasteiger partial charge in [-0.1, -0.05) is 23.2 Å². The lowest BCUT2D eigenvalue weighted by Crippen LogP contribution is -2.38. The highest BCUT2D eigenvalue weighted by Crippen LogP contribution is 2.22. The van der Waals surface area contributed by atoms with Crippen molar-refractivity contribution in [2.75, 3.05) is 18.4 Å². The van der Waals surface area contributed by atoms with E-state index in [1.54, 1.807) is 18.2 Å². The number of amides is 1. The predicted octanol–water partition coefficient (Wildman–Crippen LogP) is 2.42. The standard InChI is InChI=1S/C11H13Cl2N3OS/c1-2-14-10(17)6-15-11(18)16-9-4-7(12)3-8(13)5-9/h3-5H,2,6H2,1H3,(H,14,17)(H2,15,16,18). The number of carbonyl (C=O) groups excluding carboxylic acids is 1. The van der Waals surface area contributed by atoms with Crippen LogP contribution in [0.2, 0.25) is 10.0 Å². The van der Waals surface area contributed by atoms with E-state index in [2.05, 4.69) is 16.0 Å². The zero-order chi connectivity index (χ0) is 13.5. The molecule has 0 atom stereocenters. The van der Waals surface area contributed by atoms with E-state index in [0.29, 0.717) is 27.4 Å². The first-order valence-electron chi connectivity index (χ1n) is 5.29. The van der Waals surface area contributed by atoms with Crippen molar-refractivity contribution in [2.24, 2.45) is 0 Å². The second-order valence-electron chi connectivity index (χ2n) is 3.42. The molecule has 1 rings (SSSR count). The highest BCUT2D eigenvalue weighted by Gasteiger charge is 2.03. The van der Waals surface area contributed by atoms with Crippen molar-refractivity contribution in [1.82, 2.24) is 10.6 Å². The summed E-state index contributed by atoms with van der Waals surface area (Å²) in [6.07, 6.45) is 0. The normalized spacial score (nSPS) is 9.72. The molecule has 0 heterocycles. The van der Waals surface area contributed by atoms with Crippen molar-refractivity contribution in [1.29, 1.82) is 0 Å². The zero-order valence-electron chi connectivity index (χ0n) is 9.72. The van der Waals surface area contributed by atoms with Gasteiger partial charge in [-0.2, -0.15) is 0 Å². The number of hydrogen-bond donors (Lipinski definition) is 3. The summed E-state index contributed by atoms with van der Waals surface area (Å²) in [4.78, 5) is 11.2. The van der Waals surface area contributed by atoms with Gasteiger partial charge in [0.15, 0.2) is 5.11 Å². The number of halogens is 2. The third kappa shape index (κ3) is 5.53. The van der Waals surface area contributed by atoms with Crippen molar-refractivity contribution >= 4 is 52.1 Å². The zero-order valence-corrected chi connectivity index (χ0v) is 12.0. The summed E-state index contributed by atoms with van der Waals surface area (Å²) in [5.41, 5.74) is 0.667. The first-order valence-corrected chi connectivity index (χ1v) is 6.45. The van der Waals surface area contributed by atoms with Gasteiger partial charge in [0.1, 0.15) is 0 Å². The van der Waals surface area contributed by atoms with Gasteiger partial charge in [-0.15, -0.1) is 0 Å². The van der Waals surface area contributed by atoms with Crippen LogP contribution in [0, 0.1) is 0 Å². The van der Waals surface area contributed by atoms with Crippen LogP contribution in [0.4, 0.5) is 5.69 Å². The molecule has 4 nitrogen and oxygen atoms in total. The van der Waals surface area contributed by atoms with Gasteiger partial charge in [0.25, 0.3) is 0 Å². The largest absolute Gasteiger partial charge is 0.355 e. The Bertz CT molecular complexity index is 434. The minimum Gasteiger partial charge on any atom is -0.355 e. The van der Waals surface area contributed by atoms with Crippen molar-refractivity contribution in [3.63, 3.8) is 0 Å². The Kier molecular flexibility index (Phi) is 6.18. The van der Waals surface area contributed by atoms with Gasteiger partial charge >= 0.3 is 0 Å². The highest BCUT2D eigenvalue weighted by molar-refractivity contribution is 7.80. The highest BCUT2D eigenvalue weighted by atomic mass is 35.5. The summed E-state index contributed by atoms with van der Waals surface area (Å²) in [6, 6.07) is 5.00. The Morgan fingerprint density at radius 2 is 1.83 bits per heavy atom. The number of benzene rings is 1. The van der Waals surface area contributed by atoms with E-state index in [1.165, 1.54) is 0 Å². The van der Waals surface area contributed by atoms with Gasteiger partial charge in [-0.05, 0) is 37.3 Å². The monoisotopic (exact) mass is 305 g/mol. The van der Waals surface area contributed by atoms with E-state index < -0.39 is 0 Å². The second kappa shape index (κ2) is 7.41. The fourth-order valence-corrected chi connectivity index (χ4v) is 1.94. The molecule has 0 aliphatic carbocycles. The van der Waals surface area contributed by atoms with Crippen LogP contribution in [0.1, 0.15) is 6.92 Å². The quantitative estimate of drug-likeness (QED) is 0.748. The SMILES string of the molecule is CCNC(=O)CNC(=S)Nc1cc(Cl)cc(Cl)c1. The van der Waals surface area contributed by atoms with E-state index in [-0.39, 0.29) is 12.5 Å². The van der Waals surface area contributed by atoms with Gasteiger partial charge < -0.3 is 16.0 Å². The number of carbonyl (C=O) groups is 1. The molecule has 0 aromatic heterocycles. The fraction of sp³-hybridized carbons (Fsp3) is 0.273. The van der Waals surface area contributed by atoms with Crippen molar-refractivity contribution in [3.05, 3.63) is 28.2 Å². The Morgan fingerprint density at radius 1 is 1.22 bits per heavy atom. The molecule has 0 saturated carbocycles. The number of rotatable bonds is 4. The summed E-state index contributed by atoms with van der Waals surface area (Å²) in [6.45, 7) is 2.56. The lowest BCUT2D eigenvalue weighted by atomic mass is 10.3. The molecule has 0 unspecified atom stereocenters. The van der Waals surface area contributed by atoms with Crippen LogP contribution in [-0.4, -0.2) is 24.1 Å². The molecule has 18 heavy (non-hydrogen) atoms. The topological polar surface area (TPSA) is 53.2 Å². The average Bonchev–Trinajstić information content (AvgIpc) is 2.25. The first-order chi connectivity index (χ1) is 8.51. The maximum Gasteiger partial charge on any atom is 0.239 e. The van der Waals surface area contributed by atoms with Crippen molar-refractivity contribution < 1.29 is 4.79 Å². The molecule has 0 radical (unpaired) electrons. The smallest absolute Gasteiger partial charge is 0.239 e. The lowest BCUT2D eigenvalue weighted by Gasteiger charge is -2.10. The first kappa shape index (κ1) is 15.0. The van der Waals surface area contributed by atoms with E-state index in [1.807, 2.05) is 6.92 Å². The van der Waals surface area contributed by atoms with E-state index in [4.69, 9.17) is 35.4 Å². The van der Waals surface area contributed by atoms with Crippen molar-refractivity contribution in [2.45, 2.75) is 6.92 Å². The summed E-state index contributed by atoms with van der Waals surface area (Å²) in [5, 5.41) is 9.68. The van der Waals surface area contributed by atoms with Gasteiger partial charge in [0, 0.05) is 22.3 Å². The Morgan fingerprint density at radius 3 is 2.39 bits per heavy atom. The van der Waals surface area contributed by atoms with E-state index >= 15 is 0 Å². The van der Waals surface area contributed by atoms with E-state index in [9.17, 15) is 4.79 Å². The minimum absolute atomic E-state index is 0.119.